The van der Waals surface area contributed by atoms with E-state index in [-0.39, 0.29) is 16.2 Å². The molecule has 1 aliphatic heterocycles. The molecule has 0 bridgehead atoms. The maximum Gasteiger partial charge on any atom is 0.137 e. The minimum absolute atomic E-state index is 0.0376. The third-order valence-corrected chi connectivity index (χ3v) is 10.6. The van der Waals surface area contributed by atoms with Crippen LogP contribution in [0, 0.1) is 0 Å². The molecule has 1 aliphatic rings. The summed E-state index contributed by atoms with van der Waals surface area (Å²) in [6.45, 7) is 21.3. The van der Waals surface area contributed by atoms with E-state index in [0.717, 1.165) is 12.5 Å². The van der Waals surface area contributed by atoms with Gasteiger partial charge in [-0.1, -0.05) is 110 Å². The maximum absolute atomic E-state index is 4.87. The van der Waals surface area contributed by atoms with Gasteiger partial charge in [0, 0.05) is 50.5 Å². The van der Waals surface area contributed by atoms with Crippen LogP contribution in [0.5, 0.6) is 0 Å². The molecule has 0 aliphatic carbocycles. The first-order valence-electron chi connectivity index (χ1n) is 17.3. The van der Waals surface area contributed by atoms with Crippen LogP contribution in [-0.4, -0.2) is 16.2 Å². The second-order valence-electron chi connectivity index (χ2n) is 16.4. The summed E-state index contributed by atoms with van der Waals surface area (Å²) < 4.78 is 2.32. The molecule has 0 saturated heterocycles. The van der Waals surface area contributed by atoms with E-state index in [2.05, 4.69) is 186 Å². The fraction of sp³-hybridized carbons (Fsp3) is 0.295. The minimum Gasteiger partial charge on any atom is -0.328 e. The molecule has 0 atom stereocenters. The van der Waals surface area contributed by atoms with Crippen molar-refractivity contribution in [2.24, 2.45) is 0 Å². The lowest BCUT2D eigenvalue weighted by Crippen LogP contribution is -2.26. The Morgan fingerprint density at radius 1 is 0.531 bits per heavy atom. The van der Waals surface area contributed by atoms with Gasteiger partial charge in [0.15, 0.2) is 0 Å². The van der Waals surface area contributed by atoms with Crippen molar-refractivity contribution < 1.29 is 0 Å². The molecule has 2 aromatic heterocycles. The first-order chi connectivity index (χ1) is 23.1. The first-order valence-corrected chi connectivity index (χ1v) is 18.1. The minimum atomic E-state index is 0.0376. The van der Waals surface area contributed by atoms with Crippen LogP contribution in [0.4, 0.5) is 11.4 Å². The van der Waals surface area contributed by atoms with Crippen molar-refractivity contribution in [2.75, 3.05) is 16.5 Å². The Balaban J connectivity index is 1.18. The van der Waals surface area contributed by atoms with Crippen LogP contribution >= 0.6 is 11.8 Å². The standard InChI is InChI=1S/C44H48N4S/c1-42(2,3)30-19-20-45-41(26-30)48-39-16-11-10-15-37(39)38-18-17-36(28-40(38)48)49-35-14-12-13-33(27-35)46-21-22-47(29-46)34-24-31(43(4,5)6)23-32(25-34)44(7,8)9/h10-28H,29H2,1-9H3. The van der Waals surface area contributed by atoms with E-state index in [9.17, 15) is 0 Å². The summed E-state index contributed by atoms with van der Waals surface area (Å²) in [6, 6.07) is 35.9. The zero-order valence-corrected chi connectivity index (χ0v) is 31.2. The van der Waals surface area contributed by atoms with Gasteiger partial charge in [-0.25, -0.2) is 4.98 Å². The number of para-hydroxylation sites is 1. The van der Waals surface area contributed by atoms with Gasteiger partial charge in [-0.15, -0.1) is 0 Å². The molecular formula is C44H48N4S. The van der Waals surface area contributed by atoms with Gasteiger partial charge in [0.05, 0.1) is 17.7 Å². The Kier molecular flexibility index (Phi) is 8.18. The third kappa shape index (κ3) is 6.61. The normalized spacial score (nSPS) is 14.1. The number of aromatic nitrogens is 2. The van der Waals surface area contributed by atoms with Gasteiger partial charge in [-0.2, -0.15) is 0 Å². The number of fused-ring (bicyclic) bond motifs is 3. The molecule has 0 amide bonds. The second-order valence-corrected chi connectivity index (χ2v) is 17.6. The van der Waals surface area contributed by atoms with Crippen LogP contribution in [0.25, 0.3) is 27.6 Å². The van der Waals surface area contributed by atoms with Crippen LogP contribution in [0.3, 0.4) is 0 Å². The average Bonchev–Trinajstić information content (AvgIpc) is 3.67. The highest BCUT2D eigenvalue weighted by Crippen LogP contribution is 2.39. The zero-order chi connectivity index (χ0) is 34.7. The Labute approximate surface area is 296 Å². The van der Waals surface area contributed by atoms with Crippen molar-refractivity contribution >= 4 is 44.9 Å². The predicted molar refractivity (Wildman–Crippen MR) is 211 cm³/mol. The number of pyridine rings is 1. The van der Waals surface area contributed by atoms with E-state index in [1.54, 1.807) is 11.8 Å². The smallest absolute Gasteiger partial charge is 0.137 e. The van der Waals surface area contributed by atoms with Gasteiger partial charge >= 0.3 is 0 Å². The van der Waals surface area contributed by atoms with Gasteiger partial charge in [-0.05, 0) is 93.6 Å². The number of nitrogens with zero attached hydrogens (tertiary/aromatic N) is 4. The molecule has 250 valence electrons. The Morgan fingerprint density at radius 3 is 1.86 bits per heavy atom. The Bertz CT molecular complexity index is 2170. The molecule has 7 rings (SSSR count). The quantitative estimate of drug-likeness (QED) is 0.183. The number of hydrogen-bond acceptors (Lipinski definition) is 4. The highest BCUT2D eigenvalue weighted by Gasteiger charge is 2.24. The summed E-state index contributed by atoms with van der Waals surface area (Å²) in [7, 11) is 0. The van der Waals surface area contributed by atoms with E-state index in [1.165, 1.54) is 59.7 Å². The van der Waals surface area contributed by atoms with E-state index >= 15 is 0 Å². The summed E-state index contributed by atoms with van der Waals surface area (Å²) in [5, 5.41) is 2.48. The van der Waals surface area contributed by atoms with Gasteiger partial charge in [-0.3, -0.25) is 4.57 Å². The van der Waals surface area contributed by atoms with E-state index in [1.807, 2.05) is 6.20 Å². The molecule has 0 unspecified atom stereocenters. The molecule has 6 aromatic rings. The van der Waals surface area contributed by atoms with Crippen LogP contribution < -0.4 is 9.80 Å². The Hall–Kier alpha value is -4.48. The molecule has 0 fully saturated rings. The van der Waals surface area contributed by atoms with E-state index < -0.39 is 0 Å². The first kappa shape index (κ1) is 33.0. The number of hydrogen-bond donors (Lipinski definition) is 0. The molecule has 0 saturated carbocycles. The van der Waals surface area contributed by atoms with Gasteiger partial charge in [0.25, 0.3) is 0 Å². The van der Waals surface area contributed by atoms with Crippen LogP contribution in [-0.2, 0) is 16.2 Å². The summed E-state index contributed by atoms with van der Waals surface area (Å²) in [5.41, 5.74) is 8.98. The van der Waals surface area contributed by atoms with Crippen molar-refractivity contribution in [3.05, 3.63) is 132 Å². The second kappa shape index (κ2) is 12.1. The monoisotopic (exact) mass is 664 g/mol. The Morgan fingerprint density at radius 2 is 1.16 bits per heavy atom. The van der Waals surface area contributed by atoms with Crippen LogP contribution in [0.15, 0.2) is 125 Å². The molecule has 49 heavy (non-hydrogen) atoms. The fourth-order valence-corrected chi connectivity index (χ4v) is 7.43. The highest BCUT2D eigenvalue weighted by atomic mass is 32.2. The summed E-state index contributed by atoms with van der Waals surface area (Å²) >= 11 is 1.81. The molecule has 4 nitrogen and oxygen atoms in total. The van der Waals surface area contributed by atoms with Crippen molar-refractivity contribution in [3.63, 3.8) is 0 Å². The third-order valence-electron chi connectivity index (χ3n) is 9.58. The topological polar surface area (TPSA) is 24.3 Å². The number of benzene rings is 4. The fourth-order valence-electron chi connectivity index (χ4n) is 6.53. The van der Waals surface area contributed by atoms with Crippen molar-refractivity contribution in [2.45, 2.75) is 88.3 Å². The van der Waals surface area contributed by atoms with Gasteiger partial charge in [0.2, 0.25) is 0 Å². The maximum atomic E-state index is 4.87. The lowest BCUT2D eigenvalue weighted by atomic mass is 9.80. The van der Waals surface area contributed by atoms with Crippen LogP contribution in [0.2, 0.25) is 0 Å². The molecular weight excluding hydrogens is 617 g/mol. The van der Waals surface area contributed by atoms with Crippen LogP contribution in [0.1, 0.15) is 79.0 Å². The van der Waals surface area contributed by atoms with Crippen molar-refractivity contribution in [3.8, 4) is 5.82 Å². The molecule has 5 heteroatoms. The lowest BCUT2D eigenvalue weighted by Gasteiger charge is -2.29. The summed E-state index contributed by atoms with van der Waals surface area (Å²) in [5.74, 6) is 0.954. The number of anilines is 2. The summed E-state index contributed by atoms with van der Waals surface area (Å²) in [6.07, 6.45) is 6.36. The molecule has 0 N–H and O–H groups in total. The van der Waals surface area contributed by atoms with Gasteiger partial charge in [0.1, 0.15) is 5.82 Å². The van der Waals surface area contributed by atoms with Crippen molar-refractivity contribution in [1.82, 2.24) is 9.55 Å². The molecule has 0 spiro atoms. The molecule has 4 aromatic carbocycles. The van der Waals surface area contributed by atoms with E-state index in [4.69, 9.17) is 4.98 Å². The van der Waals surface area contributed by atoms with Gasteiger partial charge < -0.3 is 9.80 Å². The average molecular weight is 665 g/mol. The van der Waals surface area contributed by atoms with E-state index in [0.29, 0.717) is 0 Å². The lowest BCUT2D eigenvalue weighted by molar-refractivity contribution is 0.568. The zero-order valence-electron chi connectivity index (χ0n) is 30.4. The molecule has 3 heterocycles. The van der Waals surface area contributed by atoms with Crippen molar-refractivity contribution in [1.29, 1.82) is 0 Å². The highest BCUT2D eigenvalue weighted by molar-refractivity contribution is 7.99. The SMILES string of the molecule is CC(C)(C)c1cc(N2C=CN(c3cccc(Sc4ccc5c6ccccc6n(-c6cc(C(C)(C)C)ccn6)c5c4)c3)C2)cc(C(C)(C)C)c1. The largest absolute Gasteiger partial charge is 0.328 e. The molecule has 0 radical (unpaired) electrons. The predicted octanol–water partition coefficient (Wildman–Crippen LogP) is 12.0. The summed E-state index contributed by atoms with van der Waals surface area (Å²) in [4.78, 5) is 12.0. The number of rotatable bonds is 5.